The van der Waals surface area contributed by atoms with Gasteiger partial charge in [-0.05, 0) is 44.2 Å². The van der Waals surface area contributed by atoms with Crippen LogP contribution in [-0.4, -0.2) is 58.9 Å². The first kappa shape index (κ1) is 18.9. The molecular weight excluding hydrogens is 356 g/mol. The van der Waals surface area contributed by atoms with Crippen LogP contribution in [0, 0.1) is 5.92 Å². The first-order valence-corrected chi connectivity index (χ1v) is 10.1. The molecule has 2 fully saturated rings. The average molecular weight is 384 g/mol. The number of hydrogen-bond acceptors (Lipinski definition) is 4. The van der Waals surface area contributed by atoms with E-state index in [4.69, 9.17) is 5.73 Å². The van der Waals surface area contributed by atoms with Gasteiger partial charge in [0.2, 0.25) is 11.8 Å². The topological polar surface area (TPSA) is 87.0 Å². The molecule has 3 heterocycles. The lowest BCUT2D eigenvalue weighted by molar-refractivity contribution is -0.137. The van der Waals surface area contributed by atoms with Crippen LogP contribution in [0.4, 0.5) is 5.69 Å². The minimum atomic E-state index is -0.806. The van der Waals surface area contributed by atoms with Crippen LogP contribution in [-0.2, 0) is 9.59 Å². The molecule has 150 valence electrons. The fraction of sp³-hybridized carbons (Fsp3) is 0.571. The smallest absolute Gasteiger partial charge is 0.258 e. The molecule has 0 saturated carbocycles. The number of carbonyl (C=O) groups is 3. The molecule has 1 aromatic rings. The number of nitrogens with two attached hydrogens (primary N) is 1. The first-order chi connectivity index (χ1) is 13.4. The monoisotopic (exact) mass is 384 g/mol. The van der Waals surface area contributed by atoms with E-state index in [0.717, 1.165) is 12.8 Å². The van der Waals surface area contributed by atoms with E-state index in [9.17, 15) is 14.4 Å². The second kappa shape index (κ2) is 6.88. The second-order valence-electron chi connectivity index (χ2n) is 8.46. The van der Waals surface area contributed by atoms with Crippen molar-refractivity contribution < 1.29 is 14.4 Å². The standard InChI is InChI=1S/C21H28N4O3/c1-14-8-10-23(15(11-14)12-22)19(27)13-24-20(28)16-5-3-4-6-17(16)25-18(26)7-9-21(24,25)2/h3-6,14-15H,7-13,22H2,1-2H3. The predicted octanol–water partition coefficient (Wildman–Crippen LogP) is 1.57. The Morgan fingerprint density at radius 2 is 2.04 bits per heavy atom. The third kappa shape index (κ3) is 2.80. The molecule has 0 bridgehead atoms. The summed E-state index contributed by atoms with van der Waals surface area (Å²) < 4.78 is 0. The SMILES string of the molecule is CC1CCN(C(=O)CN2C(=O)c3ccccc3N3C(=O)CCC23C)C(CN)C1. The number of amides is 3. The average Bonchev–Trinajstić information content (AvgIpc) is 3.00. The summed E-state index contributed by atoms with van der Waals surface area (Å²) in [5.74, 6) is 0.260. The minimum absolute atomic E-state index is 0.00784. The van der Waals surface area contributed by atoms with Crippen molar-refractivity contribution in [3.8, 4) is 0 Å². The zero-order valence-electron chi connectivity index (χ0n) is 16.6. The molecule has 7 nitrogen and oxygen atoms in total. The van der Waals surface area contributed by atoms with E-state index in [-0.39, 0.29) is 30.3 Å². The Bertz CT molecular complexity index is 826. The van der Waals surface area contributed by atoms with Crippen molar-refractivity contribution in [3.05, 3.63) is 29.8 Å². The maximum Gasteiger partial charge on any atom is 0.258 e. The first-order valence-electron chi connectivity index (χ1n) is 10.1. The van der Waals surface area contributed by atoms with Gasteiger partial charge in [0.25, 0.3) is 5.91 Å². The molecule has 2 N–H and O–H groups in total. The van der Waals surface area contributed by atoms with E-state index in [2.05, 4.69) is 6.92 Å². The van der Waals surface area contributed by atoms with Crippen molar-refractivity contribution in [2.24, 2.45) is 11.7 Å². The van der Waals surface area contributed by atoms with Gasteiger partial charge in [-0.25, -0.2) is 0 Å². The molecule has 0 aromatic heterocycles. The highest BCUT2D eigenvalue weighted by molar-refractivity contribution is 6.11. The molecule has 3 amide bonds. The van der Waals surface area contributed by atoms with Crippen LogP contribution in [0.15, 0.2) is 24.3 Å². The summed E-state index contributed by atoms with van der Waals surface area (Å²) in [5.41, 5.74) is 6.24. The quantitative estimate of drug-likeness (QED) is 0.857. The minimum Gasteiger partial charge on any atom is -0.337 e. The van der Waals surface area contributed by atoms with Crippen LogP contribution in [0.1, 0.15) is 49.9 Å². The van der Waals surface area contributed by atoms with Crippen molar-refractivity contribution in [1.82, 2.24) is 9.80 Å². The summed E-state index contributed by atoms with van der Waals surface area (Å²) in [5, 5.41) is 0. The van der Waals surface area contributed by atoms with Crippen molar-refractivity contribution in [1.29, 1.82) is 0 Å². The molecule has 0 radical (unpaired) electrons. The lowest BCUT2D eigenvalue weighted by atomic mass is 9.92. The van der Waals surface area contributed by atoms with Crippen LogP contribution in [0.5, 0.6) is 0 Å². The van der Waals surface area contributed by atoms with Crippen molar-refractivity contribution in [3.63, 3.8) is 0 Å². The molecule has 3 unspecified atom stereocenters. The van der Waals surface area contributed by atoms with Gasteiger partial charge in [-0.3, -0.25) is 19.3 Å². The summed E-state index contributed by atoms with van der Waals surface area (Å²) in [4.78, 5) is 44.2. The molecule has 28 heavy (non-hydrogen) atoms. The number of anilines is 1. The third-order valence-corrected chi connectivity index (χ3v) is 6.61. The number of piperidine rings is 1. The Kier molecular flexibility index (Phi) is 4.65. The molecule has 3 atom stereocenters. The van der Waals surface area contributed by atoms with Crippen molar-refractivity contribution in [2.75, 3.05) is 24.5 Å². The van der Waals surface area contributed by atoms with Gasteiger partial charge in [0, 0.05) is 25.6 Å². The van der Waals surface area contributed by atoms with Gasteiger partial charge in [-0.15, -0.1) is 0 Å². The highest BCUT2D eigenvalue weighted by atomic mass is 16.2. The third-order valence-electron chi connectivity index (χ3n) is 6.61. The van der Waals surface area contributed by atoms with E-state index in [0.29, 0.717) is 43.1 Å². The van der Waals surface area contributed by atoms with Crippen LogP contribution in [0.2, 0.25) is 0 Å². The van der Waals surface area contributed by atoms with Crippen LogP contribution >= 0.6 is 0 Å². The van der Waals surface area contributed by atoms with Crippen LogP contribution < -0.4 is 10.6 Å². The van der Waals surface area contributed by atoms with Crippen LogP contribution in [0.25, 0.3) is 0 Å². The Morgan fingerprint density at radius 1 is 1.29 bits per heavy atom. The molecular formula is C21H28N4O3. The molecule has 3 aliphatic rings. The van der Waals surface area contributed by atoms with Gasteiger partial charge in [-0.2, -0.15) is 0 Å². The number of carbonyl (C=O) groups excluding carboxylic acids is 3. The van der Waals surface area contributed by atoms with E-state index in [1.54, 1.807) is 21.9 Å². The van der Waals surface area contributed by atoms with Crippen molar-refractivity contribution in [2.45, 2.75) is 51.2 Å². The molecule has 0 aliphatic carbocycles. The predicted molar refractivity (Wildman–Crippen MR) is 106 cm³/mol. The highest BCUT2D eigenvalue weighted by Gasteiger charge is 2.53. The summed E-state index contributed by atoms with van der Waals surface area (Å²) in [6.07, 6.45) is 2.73. The molecule has 2 saturated heterocycles. The molecule has 1 aromatic carbocycles. The van der Waals surface area contributed by atoms with E-state index < -0.39 is 5.66 Å². The Hall–Kier alpha value is -2.41. The zero-order valence-corrected chi connectivity index (χ0v) is 16.6. The number of hydrogen-bond donors (Lipinski definition) is 1. The number of likely N-dealkylation sites (tertiary alicyclic amines) is 1. The Morgan fingerprint density at radius 3 is 2.79 bits per heavy atom. The van der Waals surface area contributed by atoms with Crippen LogP contribution in [0.3, 0.4) is 0 Å². The number of benzene rings is 1. The van der Waals surface area contributed by atoms with E-state index >= 15 is 0 Å². The molecule has 3 aliphatic heterocycles. The van der Waals surface area contributed by atoms with Gasteiger partial charge < -0.3 is 15.5 Å². The maximum absolute atomic E-state index is 13.3. The number of nitrogens with zero attached hydrogens (tertiary/aromatic N) is 3. The van der Waals surface area contributed by atoms with Gasteiger partial charge in [0.15, 0.2) is 0 Å². The summed E-state index contributed by atoms with van der Waals surface area (Å²) in [6, 6.07) is 7.17. The fourth-order valence-corrected chi connectivity index (χ4v) is 4.97. The van der Waals surface area contributed by atoms with Gasteiger partial charge in [0.05, 0.1) is 11.3 Å². The molecule has 0 spiro atoms. The van der Waals surface area contributed by atoms with Gasteiger partial charge in [0.1, 0.15) is 12.2 Å². The normalized spacial score (nSPS) is 29.8. The van der Waals surface area contributed by atoms with E-state index in [1.165, 1.54) is 0 Å². The largest absolute Gasteiger partial charge is 0.337 e. The number of para-hydroxylation sites is 1. The van der Waals surface area contributed by atoms with E-state index in [1.807, 2.05) is 24.0 Å². The molecule has 4 rings (SSSR count). The Balaban J connectivity index is 1.65. The summed E-state index contributed by atoms with van der Waals surface area (Å²) in [7, 11) is 0. The van der Waals surface area contributed by atoms with Gasteiger partial charge >= 0.3 is 0 Å². The number of rotatable bonds is 3. The highest BCUT2D eigenvalue weighted by Crippen LogP contribution is 2.44. The molecule has 7 heteroatoms. The maximum atomic E-state index is 13.3. The summed E-state index contributed by atoms with van der Waals surface area (Å²) >= 11 is 0. The number of fused-ring (bicyclic) bond motifs is 3. The fourth-order valence-electron chi connectivity index (χ4n) is 4.97. The zero-order chi connectivity index (χ0) is 20.1. The lowest BCUT2D eigenvalue weighted by Gasteiger charge is -2.49. The van der Waals surface area contributed by atoms with Crippen molar-refractivity contribution >= 4 is 23.4 Å². The van der Waals surface area contributed by atoms with Gasteiger partial charge in [-0.1, -0.05) is 19.1 Å². The summed E-state index contributed by atoms with van der Waals surface area (Å²) in [6.45, 7) is 5.13. The lowest BCUT2D eigenvalue weighted by Crippen LogP contribution is -2.64. The second-order valence-corrected chi connectivity index (χ2v) is 8.46. The Labute approximate surface area is 165 Å².